The SMILES string of the molecule is CCCC1CCC(=NNC(=O)c2ccc(C)c(C)c2)CC1. The molecule has 0 radical (unpaired) electrons. The highest BCUT2D eigenvalue weighted by Gasteiger charge is 2.17. The molecule has 0 heterocycles. The predicted molar refractivity (Wildman–Crippen MR) is 87.7 cm³/mol. The van der Waals surface area contributed by atoms with Crippen molar-refractivity contribution in [1.29, 1.82) is 0 Å². The minimum atomic E-state index is -0.110. The van der Waals surface area contributed by atoms with Gasteiger partial charge in [0.25, 0.3) is 5.91 Å². The van der Waals surface area contributed by atoms with E-state index in [1.165, 1.54) is 31.2 Å². The Kier molecular flexibility index (Phi) is 5.54. The molecule has 1 N–H and O–H groups in total. The summed E-state index contributed by atoms with van der Waals surface area (Å²) in [5.41, 5.74) is 6.87. The van der Waals surface area contributed by atoms with Gasteiger partial charge in [-0.1, -0.05) is 25.8 Å². The molecule has 1 amide bonds. The summed E-state index contributed by atoms with van der Waals surface area (Å²) in [5, 5.41) is 4.32. The quantitative estimate of drug-likeness (QED) is 0.820. The summed E-state index contributed by atoms with van der Waals surface area (Å²) < 4.78 is 0. The van der Waals surface area contributed by atoms with E-state index in [0.29, 0.717) is 5.56 Å². The summed E-state index contributed by atoms with van der Waals surface area (Å²) in [7, 11) is 0. The molecular weight excluding hydrogens is 260 g/mol. The molecule has 1 saturated carbocycles. The molecular formula is C18H26N2O. The van der Waals surface area contributed by atoms with Gasteiger partial charge in [0.05, 0.1) is 0 Å². The van der Waals surface area contributed by atoms with Crippen LogP contribution in [0.25, 0.3) is 0 Å². The smallest absolute Gasteiger partial charge is 0.267 e. The van der Waals surface area contributed by atoms with Gasteiger partial charge in [0.1, 0.15) is 0 Å². The van der Waals surface area contributed by atoms with Gasteiger partial charge in [0.15, 0.2) is 0 Å². The molecule has 1 fully saturated rings. The fraction of sp³-hybridized carbons (Fsp3) is 0.556. The fourth-order valence-corrected chi connectivity index (χ4v) is 2.90. The van der Waals surface area contributed by atoms with Gasteiger partial charge in [0.2, 0.25) is 0 Å². The van der Waals surface area contributed by atoms with Gasteiger partial charge in [-0.2, -0.15) is 5.10 Å². The van der Waals surface area contributed by atoms with E-state index < -0.39 is 0 Å². The van der Waals surface area contributed by atoms with Crippen molar-refractivity contribution in [3.8, 4) is 0 Å². The first kappa shape index (κ1) is 15.7. The number of carbonyl (C=O) groups is 1. The molecule has 21 heavy (non-hydrogen) atoms. The molecule has 3 heteroatoms. The summed E-state index contributed by atoms with van der Waals surface area (Å²) in [6, 6.07) is 5.76. The zero-order valence-corrected chi connectivity index (χ0v) is 13.4. The van der Waals surface area contributed by atoms with Crippen LogP contribution in [0.4, 0.5) is 0 Å². The highest BCUT2D eigenvalue weighted by Crippen LogP contribution is 2.25. The van der Waals surface area contributed by atoms with Crippen molar-refractivity contribution in [1.82, 2.24) is 5.43 Å². The number of nitrogens with one attached hydrogen (secondary N) is 1. The minimum absolute atomic E-state index is 0.110. The molecule has 0 aromatic heterocycles. The first-order valence-electron chi connectivity index (χ1n) is 8.03. The van der Waals surface area contributed by atoms with Crippen LogP contribution in [0.2, 0.25) is 0 Å². The molecule has 3 nitrogen and oxygen atoms in total. The van der Waals surface area contributed by atoms with E-state index in [1.54, 1.807) is 0 Å². The summed E-state index contributed by atoms with van der Waals surface area (Å²) in [5.74, 6) is 0.741. The van der Waals surface area contributed by atoms with Gasteiger partial charge in [-0.05, 0) is 68.7 Å². The van der Waals surface area contributed by atoms with Crippen molar-refractivity contribution in [2.45, 2.75) is 59.3 Å². The van der Waals surface area contributed by atoms with E-state index in [9.17, 15) is 4.79 Å². The molecule has 0 bridgehead atoms. The third-order valence-electron chi connectivity index (χ3n) is 4.46. The average Bonchev–Trinajstić information content (AvgIpc) is 2.49. The molecule has 0 unspecified atom stereocenters. The van der Waals surface area contributed by atoms with Gasteiger partial charge in [0, 0.05) is 11.3 Å². The number of hydrazone groups is 1. The van der Waals surface area contributed by atoms with Gasteiger partial charge in [-0.25, -0.2) is 5.43 Å². The van der Waals surface area contributed by atoms with Gasteiger partial charge >= 0.3 is 0 Å². The Labute approximate surface area is 127 Å². The second-order valence-electron chi connectivity index (χ2n) is 6.15. The summed E-state index contributed by atoms with van der Waals surface area (Å²) in [6.45, 7) is 6.31. The molecule has 1 aromatic rings. The van der Waals surface area contributed by atoms with Crippen molar-refractivity contribution in [3.05, 3.63) is 34.9 Å². The second kappa shape index (κ2) is 7.39. The Balaban J connectivity index is 1.89. The lowest BCUT2D eigenvalue weighted by molar-refractivity contribution is 0.0954. The molecule has 1 aromatic carbocycles. The lowest BCUT2D eigenvalue weighted by atomic mass is 9.85. The summed E-state index contributed by atoms with van der Waals surface area (Å²) >= 11 is 0. The van der Waals surface area contributed by atoms with Crippen LogP contribution in [0, 0.1) is 19.8 Å². The fourth-order valence-electron chi connectivity index (χ4n) is 2.90. The van der Waals surface area contributed by atoms with Crippen LogP contribution >= 0.6 is 0 Å². The number of hydrogen-bond acceptors (Lipinski definition) is 2. The monoisotopic (exact) mass is 286 g/mol. The molecule has 0 aliphatic heterocycles. The maximum absolute atomic E-state index is 12.1. The summed E-state index contributed by atoms with van der Waals surface area (Å²) in [4.78, 5) is 12.1. The van der Waals surface area contributed by atoms with Crippen molar-refractivity contribution in [2.75, 3.05) is 0 Å². The molecule has 0 spiro atoms. The van der Waals surface area contributed by atoms with Crippen LogP contribution in [0.5, 0.6) is 0 Å². The Bertz CT molecular complexity index is 524. The van der Waals surface area contributed by atoms with Crippen LogP contribution in [0.3, 0.4) is 0 Å². The summed E-state index contributed by atoms with van der Waals surface area (Å²) in [6.07, 6.45) is 7.07. The third-order valence-corrected chi connectivity index (χ3v) is 4.46. The maximum Gasteiger partial charge on any atom is 0.271 e. The Morgan fingerprint density at radius 2 is 1.95 bits per heavy atom. The third kappa shape index (κ3) is 4.42. The van der Waals surface area contributed by atoms with E-state index in [4.69, 9.17) is 0 Å². The van der Waals surface area contributed by atoms with Crippen LogP contribution in [0.15, 0.2) is 23.3 Å². The van der Waals surface area contributed by atoms with Crippen molar-refractivity contribution >= 4 is 11.6 Å². The maximum atomic E-state index is 12.1. The number of aryl methyl sites for hydroxylation is 2. The zero-order chi connectivity index (χ0) is 15.2. The lowest BCUT2D eigenvalue weighted by Crippen LogP contribution is -2.22. The van der Waals surface area contributed by atoms with Crippen LogP contribution in [0.1, 0.15) is 66.9 Å². The van der Waals surface area contributed by atoms with Gasteiger partial charge < -0.3 is 0 Å². The first-order valence-corrected chi connectivity index (χ1v) is 8.03. The van der Waals surface area contributed by atoms with Gasteiger partial charge in [-0.15, -0.1) is 0 Å². The number of nitrogens with zero attached hydrogens (tertiary/aromatic N) is 1. The number of carbonyl (C=O) groups excluding carboxylic acids is 1. The van der Waals surface area contributed by atoms with Crippen molar-refractivity contribution in [3.63, 3.8) is 0 Å². The standard InChI is InChI=1S/C18H26N2O/c1-4-5-15-7-10-17(11-8-15)19-20-18(21)16-9-6-13(2)14(3)12-16/h6,9,12,15H,4-5,7-8,10-11H2,1-3H3,(H,20,21). The largest absolute Gasteiger partial charge is 0.271 e. The zero-order valence-electron chi connectivity index (χ0n) is 13.4. The molecule has 1 aliphatic carbocycles. The number of benzene rings is 1. The number of hydrogen-bond donors (Lipinski definition) is 1. The highest BCUT2D eigenvalue weighted by atomic mass is 16.2. The average molecular weight is 286 g/mol. The molecule has 1 aliphatic rings. The van der Waals surface area contributed by atoms with Crippen molar-refractivity contribution < 1.29 is 4.79 Å². The first-order chi connectivity index (χ1) is 10.1. The normalized spacial score (nSPS) is 18.4. The number of amides is 1. The molecule has 114 valence electrons. The van der Waals surface area contributed by atoms with E-state index >= 15 is 0 Å². The number of rotatable bonds is 4. The van der Waals surface area contributed by atoms with Crippen LogP contribution < -0.4 is 5.43 Å². The minimum Gasteiger partial charge on any atom is -0.267 e. The highest BCUT2D eigenvalue weighted by molar-refractivity contribution is 5.95. The van der Waals surface area contributed by atoms with Gasteiger partial charge in [-0.3, -0.25) is 4.79 Å². The van der Waals surface area contributed by atoms with E-state index in [2.05, 4.69) is 17.5 Å². The topological polar surface area (TPSA) is 41.5 Å². The predicted octanol–water partition coefficient (Wildman–Crippen LogP) is 4.38. The van der Waals surface area contributed by atoms with E-state index in [0.717, 1.165) is 30.0 Å². The van der Waals surface area contributed by atoms with Crippen LogP contribution in [-0.2, 0) is 0 Å². The van der Waals surface area contributed by atoms with E-state index in [-0.39, 0.29) is 5.91 Å². The Morgan fingerprint density at radius 3 is 2.57 bits per heavy atom. The van der Waals surface area contributed by atoms with E-state index in [1.807, 2.05) is 32.0 Å². The lowest BCUT2D eigenvalue weighted by Gasteiger charge is -2.22. The molecule has 2 rings (SSSR count). The van der Waals surface area contributed by atoms with Crippen molar-refractivity contribution in [2.24, 2.45) is 11.0 Å². The molecule has 0 saturated heterocycles. The second-order valence-corrected chi connectivity index (χ2v) is 6.15. The molecule has 0 atom stereocenters. The Morgan fingerprint density at radius 1 is 1.24 bits per heavy atom. The Hall–Kier alpha value is -1.64. The van der Waals surface area contributed by atoms with Crippen LogP contribution in [-0.4, -0.2) is 11.6 Å².